The highest BCUT2D eigenvalue weighted by Gasteiger charge is 2.26. The third kappa shape index (κ3) is 6.81. The molecule has 0 bridgehead atoms. The number of carbonyl (C=O) groups excluding carboxylic acids is 1. The summed E-state index contributed by atoms with van der Waals surface area (Å²) in [6, 6.07) is 10.0. The van der Waals surface area contributed by atoms with Crippen molar-refractivity contribution >= 4 is 11.9 Å². The molecule has 0 aliphatic carbocycles. The van der Waals surface area contributed by atoms with Gasteiger partial charge in [-0.1, -0.05) is 30.3 Å². The number of rotatable bonds is 8. The van der Waals surface area contributed by atoms with E-state index in [-0.39, 0.29) is 18.6 Å². The van der Waals surface area contributed by atoms with Crippen molar-refractivity contribution in [2.24, 2.45) is 0 Å². The third-order valence-corrected chi connectivity index (χ3v) is 4.11. The van der Waals surface area contributed by atoms with Gasteiger partial charge in [0.2, 0.25) is 5.91 Å². The third-order valence-electron chi connectivity index (χ3n) is 4.11. The van der Waals surface area contributed by atoms with Gasteiger partial charge >= 0.3 is 5.97 Å². The van der Waals surface area contributed by atoms with Crippen molar-refractivity contribution in [3.8, 4) is 0 Å². The second kappa shape index (κ2) is 9.50. The van der Waals surface area contributed by atoms with Gasteiger partial charge in [-0.2, -0.15) is 0 Å². The summed E-state index contributed by atoms with van der Waals surface area (Å²) in [6.07, 6.45) is -0.151. The Morgan fingerprint density at radius 1 is 1.20 bits per heavy atom. The van der Waals surface area contributed by atoms with Crippen molar-refractivity contribution in [3.63, 3.8) is 0 Å². The van der Waals surface area contributed by atoms with E-state index in [0.717, 1.165) is 6.54 Å². The van der Waals surface area contributed by atoms with Crippen molar-refractivity contribution in [3.05, 3.63) is 35.9 Å². The van der Waals surface area contributed by atoms with E-state index in [0.29, 0.717) is 32.8 Å². The molecule has 1 aromatic rings. The van der Waals surface area contributed by atoms with Gasteiger partial charge in [0.05, 0.1) is 25.8 Å². The van der Waals surface area contributed by atoms with E-state index >= 15 is 0 Å². The highest BCUT2D eigenvalue weighted by Crippen LogP contribution is 2.09. The number of carboxylic acids is 1. The second-order valence-electron chi connectivity index (χ2n) is 6.58. The monoisotopic (exact) mass is 349 g/mol. The first-order valence-corrected chi connectivity index (χ1v) is 8.46. The topological polar surface area (TPSA) is 73.3 Å². The van der Waals surface area contributed by atoms with E-state index in [1.807, 2.05) is 47.2 Å². The number of morpholine rings is 1. The number of carbonyl (C=O) groups is 2. The maximum Gasteiger partial charge on any atom is 0.317 e. The minimum atomic E-state index is -0.867. The Balaban J connectivity index is 1.79. The van der Waals surface area contributed by atoms with Gasteiger partial charge < -0.3 is 14.7 Å². The molecule has 1 atom stereocenters. The van der Waals surface area contributed by atoms with E-state index in [1.165, 1.54) is 5.56 Å². The molecule has 25 heavy (non-hydrogen) atoms. The number of nitrogens with zero attached hydrogens (tertiary/aromatic N) is 3. The molecule has 0 unspecified atom stereocenters. The number of aliphatic carboxylic acids is 1. The van der Waals surface area contributed by atoms with E-state index < -0.39 is 5.97 Å². The molecule has 1 amide bonds. The molecule has 1 N–H and O–H groups in total. The molecule has 1 heterocycles. The molecule has 2 rings (SSSR count). The number of ether oxygens (including phenoxy) is 1. The van der Waals surface area contributed by atoms with Gasteiger partial charge in [0.15, 0.2) is 0 Å². The Morgan fingerprint density at radius 2 is 1.92 bits per heavy atom. The molecule has 0 radical (unpaired) electrons. The number of hydrogen-bond acceptors (Lipinski definition) is 5. The van der Waals surface area contributed by atoms with Crippen LogP contribution >= 0.6 is 0 Å². The molecule has 1 saturated heterocycles. The van der Waals surface area contributed by atoms with Crippen LogP contribution in [0.15, 0.2) is 30.3 Å². The number of hydrogen-bond donors (Lipinski definition) is 1. The average Bonchev–Trinajstić information content (AvgIpc) is 2.55. The number of carboxylic acid groups (broad SMARTS) is 1. The van der Waals surface area contributed by atoms with E-state index in [4.69, 9.17) is 9.84 Å². The first kappa shape index (κ1) is 19.4. The van der Waals surface area contributed by atoms with Crippen LogP contribution in [0.4, 0.5) is 0 Å². The standard InChI is InChI=1S/C18H27N3O4/c1-19(10-15-6-4-3-5-7-15)13-17(22)21-8-9-25-16(12-21)11-20(2)14-18(23)24/h3-7,16H,8-14H2,1-2H3,(H,23,24)/t16-/m0/s1. The Morgan fingerprint density at radius 3 is 2.60 bits per heavy atom. The minimum absolute atomic E-state index is 0.0341. The molecule has 0 spiro atoms. The van der Waals surface area contributed by atoms with Gasteiger partial charge in [0, 0.05) is 26.2 Å². The lowest BCUT2D eigenvalue weighted by atomic mass is 10.2. The second-order valence-corrected chi connectivity index (χ2v) is 6.58. The Hall–Kier alpha value is -1.96. The number of amides is 1. The van der Waals surface area contributed by atoms with Gasteiger partial charge in [-0.25, -0.2) is 0 Å². The Labute approximate surface area is 148 Å². The molecular formula is C18H27N3O4. The summed E-state index contributed by atoms with van der Waals surface area (Å²) < 4.78 is 5.67. The summed E-state index contributed by atoms with van der Waals surface area (Å²) in [5.74, 6) is -0.790. The van der Waals surface area contributed by atoms with Gasteiger partial charge in [0.25, 0.3) is 0 Å². The minimum Gasteiger partial charge on any atom is -0.480 e. The summed E-state index contributed by atoms with van der Waals surface area (Å²) in [5, 5.41) is 8.82. The van der Waals surface area contributed by atoms with Gasteiger partial charge in [-0.15, -0.1) is 0 Å². The molecule has 7 heteroatoms. The lowest BCUT2D eigenvalue weighted by Crippen LogP contribution is -2.51. The predicted octanol–water partition coefficient (Wildman–Crippen LogP) is 0.362. The van der Waals surface area contributed by atoms with Crippen molar-refractivity contribution in [2.45, 2.75) is 12.6 Å². The van der Waals surface area contributed by atoms with Crippen LogP contribution in [-0.2, 0) is 20.9 Å². The summed E-state index contributed by atoms with van der Waals surface area (Å²) in [7, 11) is 3.68. The SMILES string of the molecule is CN(CC(=O)N1CCO[C@@H](CN(C)CC(=O)O)C1)Cc1ccccc1. The Bertz CT molecular complexity index is 567. The smallest absolute Gasteiger partial charge is 0.317 e. The van der Waals surface area contributed by atoms with E-state index in [2.05, 4.69) is 0 Å². The maximum atomic E-state index is 12.5. The van der Waals surface area contributed by atoms with Crippen molar-refractivity contribution in [1.29, 1.82) is 0 Å². The first-order chi connectivity index (χ1) is 11.9. The van der Waals surface area contributed by atoms with Crippen LogP contribution in [0.25, 0.3) is 0 Å². The molecule has 0 aromatic heterocycles. The zero-order valence-electron chi connectivity index (χ0n) is 14.9. The van der Waals surface area contributed by atoms with Crippen LogP contribution in [0.5, 0.6) is 0 Å². The van der Waals surface area contributed by atoms with E-state index in [1.54, 1.807) is 11.9 Å². The molecule has 1 aliphatic rings. The van der Waals surface area contributed by atoms with Crippen LogP contribution in [0.2, 0.25) is 0 Å². The van der Waals surface area contributed by atoms with Crippen LogP contribution in [0.3, 0.4) is 0 Å². The lowest BCUT2D eigenvalue weighted by Gasteiger charge is -2.35. The van der Waals surface area contributed by atoms with Crippen LogP contribution < -0.4 is 0 Å². The van der Waals surface area contributed by atoms with Gasteiger partial charge in [0.1, 0.15) is 0 Å². The van der Waals surface area contributed by atoms with Crippen LogP contribution in [0, 0.1) is 0 Å². The predicted molar refractivity (Wildman–Crippen MR) is 94.2 cm³/mol. The number of likely N-dealkylation sites (N-methyl/N-ethyl adjacent to an activating group) is 2. The lowest BCUT2D eigenvalue weighted by molar-refractivity contribution is -0.143. The van der Waals surface area contributed by atoms with Crippen molar-refractivity contribution in [1.82, 2.24) is 14.7 Å². The van der Waals surface area contributed by atoms with Gasteiger partial charge in [-0.05, 0) is 19.7 Å². The maximum absolute atomic E-state index is 12.5. The quantitative estimate of drug-likeness (QED) is 0.731. The molecule has 1 aliphatic heterocycles. The van der Waals surface area contributed by atoms with Gasteiger partial charge in [-0.3, -0.25) is 19.4 Å². The molecule has 1 aromatic carbocycles. The molecule has 7 nitrogen and oxygen atoms in total. The Kier molecular flexibility index (Phi) is 7.36. The van der Waals surface area contributed by atoms with Crippen molar-refractivity contribution < 1.29 is 19.4 Å². The van der Waals surface area contributed by atoms with E-state index in [9.17, 15) is 9.59 Å². The van der Waals surface area contributed by atoms with Crippen LogP contribution in [-0.4, -0.2) is 91.2 Å². The highest BCUT2D eigenvalue weighted by molar-refractivity contribution is 5.78. The van der Waals surface area contributed by atoms with Crippen molar-refractivity contribution in [2.75, 3.05) is 53.4 Å². The molecule has 1 fully saturated rings. The zero-order chi connectivity index (χ0) is 18.2. The summed E-state index contributed by atoms with van der Waals surface area (Å²) in [6.45, 7) is 3.11. The first-order valence-electron chi connectivity index (χ1n) is 8.46. The molecule has 0 saturated carbocycles. The summed E-state index contributed by atoms with van der Waals surface area (Å²) in [4.78, 5) is 28.8. The highest BCUT2D eigenvalue weighted by atomic mass is 16.5. The fourth-order valence-electron chi connectivity index (χ4n) is 2.98. The summed E-state index contributed by atoms with van der Waals surface area (Å²) >= 11 is 0. The summed E-state index contributed by atoms with van der Waals surface area (Å²) in [5.41, 5.74) is 1.17. The fraction of sp³-hybridized carbons (Fsp3) is 0.556. The molecular weight excluding hydrogens is 322 g/mol. The fourth-order valence-corrected chi connectivity index (χ4v) is 2.98. The average molecular weight is 349 g/mol. The largest absolute Gasteiger partial charge is 0.480 e. The number of benzene rings is 1. The molecule has 138 valence electrons. The normalized spacial score (nSPS) is 17.9. The zero-order valence-corrected chi connectivity index (χ0v) is 14.9. The van der Waals surface area contributed by atoms with Crippen LogP contribution in [0.1, 0.15) is 5.56 Å².